The number of aromatic hydroxyl groups is 1. The SMILES string of the molecule is CC(C)(C)c1cc(C(O)C(=O)c2ccccc2)cc(C(C)(C)C)c1O. The molecule has 0 heterocycles. The summed E-state index contributed by atoms with van der Waals surface area (Å²) < 4.78 is 0. The van der Waals surface area contributed by atoms with E-state index in [0.717, 1.165) is 11.1 Å². The third-order valence-electron chi connectivity index (χ3n) is 4.37. The number of phenols is 1. The quantitative estimate of drug-likeness (QED) is 0.781. The van der Waals surface area contributed by atoms with Crippen LogP contribution in [0.2, 0.25) is 0 Å². The zero-order chi connectivity index (χ0) is 19.0. The molecule has 0 saturated heterocycles. The lowest BCUT2D eigenvalue weighted by Gasteiger charge is -2.29. The highest BCUT2D eigenvalue weighted by Crippen LogP contribution is 2.41. The first-order valence-corrected chi connectivity index (χ1v) is 8.58. The highest BCUT2D eigenvalue weighted by molar-refractivity contribution is 5.99. The summed E-state index contributed by atoms with van der Waals surface area (Å²) in [5, 5.41) is 21.4. The van der Waals surface area contributed by atoms with Crippen molar-refractivity contribution < 1.29 is 15.0 Å². The molecule has 2 aromatic carbocycles. The van der Waals surface area contributed by atoms with Crippen LogP contribution in [-0.2, 0) is 10.8 Å². The van der Waals surface area contributed by atoms with Crippen LogP contribution in [0.4, 0.5) is 0 Å². The van der Waals surface area contributed by atoms with E-state index in [0.29, 0.717) is 11.1 Å². The molecule has 0 fully saturated rings. The molecule has 0 saturated carbocycles. The molecule has 3 nitrogen and oxygen atoms in total. The van der Waals surface area contributed by atoms with Crippen LogP contribution in [0.5, 0.6) is 5.75 Å². The van der Waals surface area contributed by atoms with Gasteiger partial charge in [-0.2, -0.15) is 0 Å². The number of benzene rings is 2. The van der Waals surface area contributed by atoms with Gasteiger partial charge in [0, 0.05) is 5.56 Å². The van der Waals surface area contributed by atoms with Crippen molar-refractivity contribution in [1.82, 2.24) is 0 Å². The number of hydrogen-bond acceptors (Lipinski definition) is 3. The monoisotopic (exact) mass is 340 g/mol. The van der Waals surface area contributed by atoms with E-state index in [4.69, 9.17) is 0 Å². The number of Topliss-reactive ketones (excluding diaryl/α,β-unsaturated/α-hetero) is 1. The molecule has 25 heavy (non-hydrogen) atoms. The summed E-state index contributed by atoms with van der Waals surface area (Å²) in [4.78, 5) is 12.6. The molecule has 0 radical (unpaired) electrons. The number of ketones is 1. The van der Waals surface area contributed by atoms with E-state index < -0.39 is 6.10 Å². The van der Waals surface area contributed by atoms with Crippen molar-refractivity contribution in [3.63, 3.8) is 0 Å². The first-order chi connectivity index (χ1) is 11.4. The molecular formula is C22H28O3. The van der Waals surface area contributed by atoms with Gasteiger partial charge < -0.3 is 10.2 Å². The van der Waals surface area contributed by atoms with Crippen molar-refractivity contribution in [2.45, 2.75) is 58.5 Å². The Morgan fingerprint density at radius 1 is 0.880 bits per heavy atom. The zero-order valence-corrected chi connectivity index (χ0v) is 15.9. The molecule has 134 valence electrons. The zero-order valence-electron chi connectivity index (χ0n) is 15.9. The number of hydrogen-bond donors (Lipinski definition) is 2. The topological polar surface area (TPSA) is 57.5 Å². The van der Waals surface area contributed by atoms with E-state index in [1.807, 2.05) is 47.6 Å². The van der Waals surface area contributed by atoms with E-state index in [2.05, 4.69) is 0 Å². The smallest absolute Gasteiger partial charge is 0.195 e. The summed E-state index contributed by atoms with van der Waals surface area (Å²) in [5.74, 6) is -0.103. The molecule has 0 aliphatic heterocycles. The maximum atomic E-state index is 12.6. The van der Waals surface area contributed by atoms with Crippen LogP contribution in [0.1, 0.15) is 74.7 Å². The van der Waals surface area contributed by atoms with Gasteiger partial charge in [0.15, 0.2) is 5.78 Å². The van der Waals surface area contributed by atoms with Crippen LogP contribution in [0.3, 0.4) is 0 Å². The molecule has 2 rings (SSSR count). The molecule has 1 unspecified atom stereocenters. The minimum atomic E-state index is -1.26. The number of aliphatic hydroxyl groups is 1. The Bertz CT molecular complexity index is 727. The largest absolute Gasteiger partial charge is 0.507 e. The minimum absolute atomic E-state index is 0.239. The van der Waals surface area contributed by atoms with Crippen molar-refractivity contribution in [2.75, 3.05) is 0 Å². The maximum Gasteiger partial charge on any atom is 0.195 e. The molecule has 0 bridgehead atoms. The van der Waals surface area contributed by atoms with E-state index in [9.17, 15) is 15.0 Å². The lowest BCUT2D eigenvalue weighted by molar-refractivity contribution is 0.0746. The fraction of sp³-hybridized carbons (Fsp3) is 0.409. The lowest BCUT2D eigenvalue weighted by atomic mass is 9.77. The molecule has 2 N–H and O–H groups in total. The Morgan fingerprint density at radius 2 is 1.32 bits per heavy atom. The normalized spacial score (nSPS) is 13.6. The van der Waals surface area contributed by atoms with Gasteiger partial charge in [0.25, 0.3) is 0 Å². The van der Waals surface area contributed by atoms with Crippen LogP contribution in [0.25, 0.3) is 0 Å². The van der Waals surface area contributed by atoms with Crippen LogP contribution in [0.15, 0.2) is 42.5 Å². The standard InChI is InChI=1S/C22H28O3/c1-21(2,3)16-12-15(13-17(20(16)25)22(4,5)6)19(24)18(23)14-10-8-7-9-11-14/h7-13,19,24-25H,1-6H3. The number of carbonyl (C=O) groups is 1. The first-order valence-electron chi connectivity index (χ1n) is 8.58. The average molecular weight is 340 g/mol. The van der Waals surface area contributed by atoms with Gasteiger partial charge in [0.2, 0.25) is 0 Å². The highest BCUT2D eigenvalue weighted by atomic mass is 16.3. The molecular weight excluding hydrogens is 312 g/mol. The van der Waals surface area contributed by atoms with Gasteiger partial charge in [-0.15, -0.1) is 0 Å². The summed E-state index contributed by atoms with van der Waals surface area (Å²) in [5.41, 5.74) is 1.83. The van der Waals surface area contributed by atoms with Crippen LogP contribution >= 0.6 is 0 Å². The fourth-order valence-electron chi connectivity index (χ4n) is 2.87. The van der Waals surface area contributed by atoms with E-state index in [1.54, 1.807) is 36.4 Å². The Kier molecular flexibility index (Phi) is 5.10. The van der Waals surface area contributed by atoms with Crippen LogP contribution in [0, 0.1) is 0 Å². The lowest BCUT2D eigenvalue weighted by Crippen LogP contribution is -2.20. The summed E-state index contributed by atoms with van der Waals surface area (Å²) in [6.45, 7) is 12.0. The molecule has 0 aliphatic rings. The Balaban J connectivity index is 2.59. The number of rotatable bonds is 3. The minimum Gasteiger partial charge on any atom is -0.507 e. The second-order valence-electron chi connectivity index (χ2n) is 8.60. The van der Waals surface area contributed by atoms with Crippen LogP contribution < -0.4 is 0 Å². The van der Waals surface area contributed by atoms with E-state index in [1.165, 1.54) is 0 Å². The molecule has 0 aromatic heterocycles. The highest BCUT2D eigenvalue weighted by Gasteiger charge is 2.29. The first kappa shape index (κ1) is 19.2. The van der Waals surface area contributed by atoms with Gasteiger partial charge in [-0.05, 0) is 39.7 Å². The molecule has 0 amide bonds. The fourth-order valence-corrected chi connectivity index (χ4v) is 2.87. The Labute approximate surface area is 150 Å². The van der Waals surface area contributed by atoms with Gasteiger partial charge in [-0.25, -0.2) is 0 Å². The molecule has 1 atom stereocenters. The van der Waals surface area contributed by atoms with Crippen molar-refractivity contribution in [1.29, 1.82) is 0 Å². The maximum absolute atomic E-state index is 12.6. The number of phenolic OH excluding ortho intramolecular Hbond substituents is 1. The summed E-state index contributed by atoms with van der Waals surface area (Å²) >= 11 is 0. The predicted molar refractivity (Wildman–Crippen MR) is 101 cm³/mol. The van der Waals surface area contributed by atoms with Gasteiger partial charge in [-0.1, -0.05) is 71.9 Å². The second-order valence-corrected chi connectivity index (χ2v) is 8.60. The molecule has 3 heteroatoms. The van der Waals surface area contributed by atoms with Gasteiger partial charge in [0.1, 0.15) is 11.9 Å². The van der Waals surface area contributed by atoms with Gasteiger partial charge in [0.05, 0.1) is 0 Å². The Hall–Kier alpha value is -2.13. The van der Waals surface area contributed by atoms with E-state index >= 15 is 0 Å². The summed E-state index contributed by atoms with van der Waals surface area (Å²) in [6, 6.07) is 12.3. The van der Waals surface area contributed by atoms with Crippen molar-refractivity contribution >= 4 is 5.78 Å². The summed E-state index contributed by atoms with van der Waals surface area (Å²) in [6.07, 6.45) is -1.26. The predicted octanol–water partition coefficient (Wildman–Crippen LogP) is 4.90. The molecule has 2 aromatic rings. The van der Waals surface area contributed by atoms with Crippen molar-refractivity contribution in [2.24, 2.45) is 0 Å². The second kappa shape index (κ2) is 6.64. The van der Waals surface area contributed by atoms with Crippen molar-refractivity contribution in [3.05, 3.63) is 64.7 Å². The third kappa shape index (κ3) is 4.10. The summed E-state index contributed by atoms with van der Waals surface area (Å²) in [7, 11) is 0. The van der Waals surface area contributed by atoms with Gasteiger partial charge in [-0.3, -0.25) is 4.79 Å². The van der Waals surface area contributed by atoms with Gasteiger partial charge >= 0.3 is 0 Å². The average Bonchev–Trinajstić information content (AvgIpc) is 2.52. The third-order valence-corrected chi connectivity index (χ3v) is 4.37. The van der Waals surface area contributed by atoms with E-state index in [-0.39, 0.29) is 22.4 Å². The van der Waals surface area contributed by atoms with Crippen molar-refractivity contribution in [3.8, 4) is 5.75 Å². The molecule has 0 aliphatic carbocycles. The molecule has 0 spiro atoms. The number of aliphatic hydroxyl groups excluding tert-OH is 1. The Morgan fingerprint density at radius 3 is 1.72 bits per heavy atom. The van der Waals surface area contributed by atoms with Crippen LogP contribution in [-0.4, -0.2) is 16.0 Å². The number of carbonyl (C=O) groups excluding carboxylic acids is 1.